The number of carbonyl (C=O) groups is 2. The van der Waals surface area contributed by atoms with Crippen LogP contribution in [0.3, 0.4) is 0 Å². The van der Waals surface area contributed by atoms with Gasteiger partial charge in [0.15, 0.2) is 11.6 Å². The van der Waals surface area contributed by atoms with Crippen LogP contribution < -0.4 is 4.72 Å². The summed E-state index contributed by atoms with van der Waals surface area (Å²) in [5.74, 6) is -0.623. The summed E-state index contributed by atoms with van der Waals surface area (Å²) in [5.41, 5.74) is 2.19. The molecular formula is C23H22N2O4S. The van der Waals surface area contributed by atoms with Gasteiger partial charge in [-0.2, -0.15) is 0 Å². The van der Waals surface area contributed by atoms with Crippen LogP contribution in [0.5, 0.6) is 0 Å². The summed E-state index contributed by atoms with van der Waals surface area (Å²) in [5, 5.41) is 0. The van der Waals surface area contributed by atoms with Gasteiger partial charge in [0.2, 0.25) is 0 Å². The van der Waals surface area contributed by atoms with E-state index in [9.17, 15) is 18.0 Å². The topological polar surface area (TPSA) is 93.2 Å². The largest absolute Gasteiger partial charge is 0.294 e. The first-order valence-corrected chi connectivity index (χ1v) is 10.9. The Morgan fingerprint density at radius 2 is 1.73 bits per heavy atom. The number of aromatic nitrogens is 1. The minimum Gasteiger partial charge on any atom is -0.294 e. The molecule has 1 heterocycles. The molecule has 6 nitrogen and oxygen atoms in total. The van der Waals surface area contributed by atoms with Gasteiger partial charge < -0.3 is 0 Å². The lowest BCUT2D eigenvalue weighted by Gasteiger charge is -2.15. The highest BCUT2D eigenvalue weighted by Crippen LogP contribution is 2.26. The molecule has 1 N–H and O–H groups in total. The molecule has 0 saturated carbocycles. The van der Waals surface area contributed by atoms with Gasteiger partial charge in [-0.1, -0.05) is 35.9 Å². The Bertz CT molecular complexity index is 1170. The zero-order valence-corrected chi connectivity index (χ0v) is 17.6. The van der Waals surface area contributed by atoms with Gasteiger partial charge in [0.1, 0.15) is 0 Å². The standard InChI is InChI=1S/C23H22N2O4S/c1-16-8-11-19(12-9-16)30(28,29)25-21-7-3-6-20(17(2)26)23(21)22(27)13-10-18-5-4-14-24-15-18/h3-9,11-12,14-15,25H,10,13H2,1-2H3. The maximum atomic E-state index is 13.0. The highest BCUT2D eigenvalue weighted by molar-refractivity contribution is 7.92. The predicted octanol–water partition coefficient (Wildman–Crippen LogP) is 4.21. The molecular weight excluding hydrogens is 400 g/mol. The average Bonchev–Trinajstić information content (AvgIpc) is 2.72. The number of anilines is 1. The van der Waals surface area contributed by atoms with Crippen molar-refractivity contribution in [1.29, 1.82) is 0 Å². The fourth-order valence-corrected chi connectivity index (χ4v) is 4.15. The first-order valence-electron chi connectivity index (χ1n) is 9.43. The first kappa shape index (κ1) is 21.4. The van der Waals surface area contributed by atoms with Crippen LogP contribution in [0.4, 0.5) is 5.69 Å². The number of hydrogen-bond acceptors (Lipinski definition) is 5. The number of sulfonamides is 1. The number of nitrogens with one attached hydrogen (secondary N) is 1. The van der Waals surface area contributed by atoms with Crippen molar-refractivity contribution in [3.05, 3.63) is 89.2 Å². The Hall–Kier alpha value is -3.32. The third kappa shape index (κ3) is 4.99. The second-order valence-electron chi connectivity index (χ2n) is 6.99. The van der Waals surface area contributed by atoms with E-state index < -0.39 is 10.0 Å². The Morgan fingerprint density at radius 3 is 2.37 bits per heavy atom. The van der Waals surface area contributed by atoms with Crippen molar-refractivity contribution in [2.24, 2.45) is 0 Å². The molecule has 3 aromatic rings. The number of Topliss-reactive ketones (excluding diaryl/α,β-unsaturated/α-hetero) is 2. The SMILES string of the molecule is CC(=O)c1cccc(NS(=O)(=O)c2ccc(C)cc2)c1C(=O)CCc1cccnc1. The van der Waals surface area contributed by atoms with Gasteiger partial charge in [-0.05, 0) is 50.1 Å². The lowest BCUT2D eigenvalue weighted by molar-refractivity contribution is 0.0962. The fraction of sp³-hybridized carbons (Fsp3) is 0.174. The van der Waals surface area contributed by atoms with Gasteiger partial charge in [0.05, 0.1) is 16.1 Å². The molecule has 0 fully saturated rings. The molecule has 154 valence electrons. The van der Waals surface area contributed by atoms with E-state index in [4.69, 9.17) is 0 Å². The maximum absolute atomic E-state index is 13.0. The van der Waals surface area contributed by atoms with Crippen LogP contribution in [0, 0.1) is 6.92 Å². The Labute approximate surface area is 176 Å². The molecule has 7 heteroatoms. The van der Waals surface area contributed by atoms with Crippen LogP contribution in [0.15, 0.2) is 71.9 Å². The molecule has 0 amide bonds. The second kappa shape index (κ2) is 9.00. The third-order valence-electron chi connectivity index (χ3n) is 4.66. The minimum absolute atomic E-state index is 0.0788. The van der Waals surface area contributed by atoms with Crippen molar-refractivity contribution in [2.45, 2.75) is 31.6 Å². The molecule has 0 aliphatic rings. The normalized spacial score (nSPS) is 11.1. The predicted molar refractivity (Wildman–Crippen MR) is 115 cm³/mol. The van der Waals surface area contributed by atoms with Crippen LogP contribution >= 0.6 is 0 Å². The monoisotopic (exact) mass is 422 g/mol. The van der Waals surface area contributed by atoms with Gasteiger partial charge >= 0.3 is 0 Å². The molecule has 0 unspecified atom stereocenters. The number of ketones is 2. The van der Waals surface area contributed by atoms with E-state index in [0.29, 0.717) is 6.42 Å². The van der Waals surface area contributed by atoms with E-state index in [0.717, 1.165) is 11.1 Å². The molecule has 0 bridgehead atoms. The minimum atomic E-state index is -3.92. The number of pyridine rings is 1. The van der Waals surface area contributed by atoms with Crippen molar-refractivity contribution in [2.75, 3.05) is 4.72 Å². The van der Waals surface area contributed by atoms with Crippen molar-refractivity contribution < 1.29 is 18.0 Å². The molecule has 3 rings (SSSR count). The van der Waals surface area contributed by atoms with E-state index in [1.54, 1.807) is 36.7 Å². The van der Waals surface area contributed by atoms with Crippen molar-refractivity contribution in [3.8, 4) is 0 Å². The zero-order chi connectivity index (χ0) is 21.7. The van der Waals surface area contributed by atoms with Crippen molar-refractivity contribution in [3.63, 3.8) is 0 Å². The Kier molecular flexibility index (Phi) is 6.42. The van der Waals surface area contributed by atoms with E-state index in [1.807, 2.05) is 13.0 Å². The molecule has 0 atom stereocenters. The first-order chi connectivity index (χ1) is 14.3. The van der Waals surface area contributed by atoms with Crippen LogP contribution in [-0.4, -0.2) is 25.0 Å². The molecule has 0 aliphatic heterocycles. The maximum Gasteiger partial charge on any atom is 0.261 e. The summed E-state index contributed by atoms with van der Waals surface area (Å²) in [6.45, 7) is 3.21. The summed E-state index contributed by atoms with van der Waals surface area (Å²) in [7, 11) is -3.92. The van der Waals surface area contributed by atoms with Gasteiger partial charge in [-0.3, -0.25) is 19.3 Å². The number of carbonyl (C=O) groups excluding carboxylic acids is 2. The van der Waals surface area contributed by atoms with E-state index in [1.165, 1.54) is 31.2 Å². The molecule has 0 spiro atoms. The van der Waals surface area contributed by atoms with Crippen molar-refractivity contribution in [1.82, 2.24) is 4.98 Å². The van der Waals surface area contributed by atoms with E-state index in [2.05, 4.69) is 9.71 Å². The summed E-state index contributed by atoms with van der Waals surface area (Å²) in [6, 6.07) is 14.6. The Balaban J connectivity index is 1.94. The van der Waals surface area contributed by atoms with E-state index >= 15 is 0 Å². The molecule has 1 aromatic heterocycles. The number of nitrogens with zero attached hydrogens (tertiary/aromatic N) is 1. The lowest BCUT2D eigenvalue weighted by atomic mass is 9.95. The summed E-state index contributed by atoms with van der Waals surface area (Å²) in [4.78, 5) is 29.3. The second-order valence-corrected chi connectivity index (χ2v) is 8.67. The third-order valence-corrected chi connectivity index (χ3v) is 6.04. The number of hydrogen-bond donors (Lipinski definition) is 1. The van der Waals surface area contributed by atoms with Crippen LogP contribution in [0.2, 0.25) is 0 Å². The number of aryl methyl sites for hydroxylation is 2. The number of rotatable bonds is 8. The summed E-state index contributed by atoms with van der Waals surface area (Å²) >= 11 is 0. The zero-order valence-electron chi connectivity index (χ0n) is 16.8. The lowest BCUT2D eigenvalue weighted by Crippen LogP contribution is -2.18. The van der Waals surface area contributed by atoms with Crippen LogP contribution in [0.1, 0.15) is 45.2 Å². The van der Waals surface area contributed by atoms with Crippen LogP contribution in [-0.2, 0) is 16.4 Å². The number of benzene rings is 2. The molecule has 30 heavy (non-hydrogen) atoms. The van der Waals surface area contributed by atoms with Gasteiger partial charge in [-0.25, -0.2) is 8.42 Å². The van der Waals surface area contributed by atoms with Gasteiger partial charge in [-0.15, -0.1) is 0 Å². The van der Waals surface area contributed by atoms with Crippen molar-refractivity contribution >= 4 is 27.3 Å². The molecule has 0 saturated heterocycles. The smallest absolute Gasteiger partial charge is 0.261 e. The highest BCUT2D eigenvalue weighted by atomic mass is 32.2. The average molecular weight is 423 g/mol. The molecule has 2 aromatic carbocycles. The Morgan fingerprint density at radius 1 is 1.00 bits per heavy atom. The highest BCUT2D eigenvalue weighted by Gasteiger charge is 2.23. The summed E-state index contributed by atoms with van der Waals surface area (Å²) in [6.07, 6.45) is 3.87. The van der Waals surface area contributed by atoms with Gasteiger partial charge in [0, 0.05) is 24.4 Å². The van der Waals surface area contributed by atoms with E-state index in [-0.39, 0.29) is 39.7 Å². The molecule has 0 radical (unpaired) electrons. The van der Waals surface area contributed by atoms with Crippen LogP contribution in [0.25, 0.3) is 0 Å². The quantitative estimate of drug-likeness (QED) is 0.549. The summed E-state index contributed by atoms with van der Waals surface area (Å²) < 4.78 is 28.1. The fourth-order valence-electron chi connectivity index (χ4n) is 3.08. The van der Waals surface area contributed by atoms with Gasteiger partial charge in [0.25, 0.3) is 10.0 Å². The molecule has 0 aliphatic carbocycles.